The van der Waals surface area contributed by atoms with Gasteiger partial charge in [0.05, 0.1) is 12.5 Å². The Kier molecular flexibility index (Phi) is 12.6. The van der Waals surface area contributed by atoms with Crippen molar-refractivity contribution in [1.82, 2.24) is 0 Å². The first-order chi connectivity index (χ1) is 19.0. The minimum absolute atomic E-state index is 0.413. The summed E-state index contributed by atoms with van der Waals surface area (Å²) < 4.78 is 184. The highest BCUT2D eigenvalue weighted by atomic mass is 19.4. The number of carbonyl (C=O) groups is 3. The first kappa shape index (κ1) is 39.8. The number of rotatable bonds is 17. The fraction of sp³-hybridized carbons (Fsp3) is 0.625. The van der Waals surface area contributed by atoms with Gasteiger partial charge in [-0.25, -0.2) is 14.4 Å². The summed E-state index contributed by atoms with van der Waals surface area (Å²) in [6.45, 7) is 8.74. The molecule has 0 saturated heterocycles. The second kappa shape index (κ2) is 13.6. The average Bonchev–Trinajstić information content (AvgIpc) is 2.83. The van der Waals surface area contributed by atoms with Gasteiger partial charge in [0, 0.05) is 23.1 Å². The molecule has 0 aromatic rings. The number of aliphatic hydroxyl groups excluding tert-OH is 1. The number of esters is 3. The molecule has 0 aliphatic heterocycles. The zero-order chi connectivity index (χ0) is 34.6. The van der Waals surface area contributed by atoms with Crippen molar-refractivity contribution in [3.05, 3.63) is 36.5 Å². The van der Waals surface area contributed by atoms with Crippen LogP contribution in [0.25, 0.3) is 0 Å². The van der Waals surface area contributed by atoms with Crippen LogP contribution in [0.15, 0.2) is 36.5 Å². The van der Waals surface area contributed by atoms with E-state index >= 15 is 0 Å². The third-order valence-electron chi connectivity index (χ3n) is 5.20. The summed E-state index contributed by atoms with van der Waals surface area (Å²) >= 11 is 0. The molecule has 7 nitrogen and oxygen atoms in total. The lowest BCUT2D eigenvalue weighted by Crippen LogP contribution is -2.71. The highest BCUT2D eigenvalue weighted by molar-refractivity contribution is 5.88. The van der Waals surface area contributed by atoms with Gasteiger partial charge in [-0.05, 0) is 20.8 Å². The summed E-state index contributed by atoms with van der Waals surface area (Å²) in [5.74, 6) is -48.6. The smallest absolute Gasteiger partial charge is 0.384 e. The van der Waals surface area contributed by atoms with Crippen LogP contribution in [0.3, 0.4) is 0 Å². The Morgan fingerprint density at radius 2 is 0.907 bits per heavy atom. The summed E-state index contributed by atoms with van der Waals surface area (Å²) in [4.78, 5) is 34.3. The Bertz CT molecular complexity index is 1100. The lowest BCUT2D eigenvalue weighted by atomic mass is 9.88. The van der Waals surface area contributed by atoms with Gasteiger partial charge in [-0.1, -0.05) is 19.7 Å². The molecule has 0 aromatic heterocycles. The van der Waals surface area contributed by atoms with E-state index < -0.39 is 108 Å². The number of halogens is 12. The maximum absolute atomic E-state index is 14.5. The minimum Gasteiger partial charge on any atom is -0.460 e. The Balaban J connectivity index is 6.35. The molecule has 0 radical (unpaired) electrons. The van der Waals surface area contributed by atoms with Crippen molar-refractivity contribution in [1.29, 1.82) is 0 Å². The van der Waals surface area contributed by atoms with Crippen LogP contribution in [0.1, 0.15) is 33.6 Å². The van der Waals surface area contributed by atoms with Crippen molar-refractivity contribution in [3.63, 3.8) is 0 Å². The van der Waals surface area contributed by atoms with E-state index in [1.807, 2.05) is 0 Å². The Morgan fingerprint density at radius 3 is 1.26 bits per heavy atom. The quantitative estimate of drug-likeness (QED) is 0.0935. The summed E-state index contributed by atoms with van der Waals surface area (Å²) in [7, 11) is 0. The molecule has 43 heavy (non-hydrogen) atoms. The van der Waals surface area contributed by atoms with Gasteiger partial charge >= 0.3 is 53.4 Å². The normalized spacial score (nSPS) is 14.8. The van der Waals surface area contributed by atoms with Gasteiger partial charge in [-0.2, -0.15) is 52.7 Å². The Morgan fingerprint density at radius 1 is 0.581 bits per heavy atom. The maximum atomic E-state index is 14.5. The second-order valence-electron chi connectivity index (χ2n) is 9.33. The molecule has 0 amide bonds. The molecule has 248 valence electrons. The van der Waals surface area contributed by atoms with Gasteiger partial charge in [-0.15, -0.1) is 0 Å². The van der Waals surface area contributed by atoms with Crippen LogP contribution in [0.4, 0.5) is 52.7 Å². The molecule has 0 bridgehead atoms. The molecule has 19 heteroatoms. The fourth-order valence-corrected chi connectivity index (χ4v) is 2.72. The highest BCUT2D eigenvalue weighted by Crippen LogP contribution is 2.61. The molecular formula is C24H26F12O7. The first-order valence-electron chi connectivity index (χ1n) is 11.5. The highest BCUT2D eigenvalue weighted by Gasteiger charge is 2.89. The van der Waals surface area contributed by atoms with Gasteiger partial charge in [0.2, 0.25) is 0 Å². The summed E-state index contributed by atoms with van der Waals surface area (Å²) in [6, 6.07) is 0. The van der Waals surface area contributed by atoms with E-state index in [0.29, 0.717) is 0 Å². The Hall–Kier alpha value is -3.25. The minimum atomic E-state index is -7.97. The summed E-state index contributed by atoms with van der Waals surface area (Å²) in [5.41, 5.74) is -1.46. The van der Waals surface area contributed by atoms with Crippen molar-refractivity contribution >= 4 is 17.9 Å². The van der Waals surface area contributed by atoms with E-state index in [0.717, 1.165) is 20.8 Å². The predicted molar refractivity (Wildman–Crippen MR) is 121 cm³/mol. The molecule has 2 atom stereocenters. The molecule has 0 saturated carbocycles. The molecule has 0 rings (SSSR count). The molecule has 0 aliphatic carbocycles. The molecule has 1 N–H and O–H groups in total. The lowest BCUT2D eigenvalue weighted by Gasteiger charge is -2.42. The van der Waals surface area contributed by atoms with Crippen LogP contribution in [-0.4, -0.2) is 84.0 Å². The van der Waals surface area contributed by atoms with E-state index in [1.54, 1.807) is 0 Å². The standard InChI is InChI=1S/C24H26F12O7/c1-11(2)16(38)41-9-14(37)7-19(25,26)21(29,30)23(33,34)24(35,36)22(31,32)20(27,28)8-15(43-18(40)13(5)6)10-42-17(39)12(3)4/h14-15,37H,1,3,5,7-10H2,2,4,6H3. The van der Waals surface area contributed by atoms with Crippen LogP contribution in [-0.2, 0) is 28.6 Å². The average molecular weight is 654 g/mol. The van der Waals surface area contributed by atoms with E-state index in [4.69, 9.17) is 0 Å². The molecular weight excluding hydrogens is 628 g/mol. The summed E-state index contributed by atoms with van der Waals surface area (Å²) in [5, 5.41) is 9.36. The Labute approximate surface area is 236 Å². The lowest BCUT2D eigenvalue weighted by molar-refractivity contribution is -0.427. The molecule has 0 fully saturated rings. The van der Waals surface area contributed by atoms with Crippen LogP contribution in [0.5, 0.6) is 0 Å². The predicted octanol–water partition coefficient (Wildman–Crippen LogP) is 5.67. The van der Waals surface area contributed by atoms with Crippen LogP contribution >= 0.6 is 0 Å². The molecule has 0 aromatic carbocycles. The van der Waals surface area contributed by atoms with Crippen LogP contribution in [0.2, 0.25) is 0 Å². The molecule has 0 spiro atoms. The van der Waals surface area contributed by atoms with Gasteiger partial charge in [0.15, 0.2) is 0 Å². The van der Waals surface area contributed by atoms with Gasteiger partial charge in [-0.3, -0.25) is 0 Å². The molecule has 2 unspecified atom stereocenters. The maximum Gasteiger partial charge on any atom is 0.384 e. The van der Waals surface area contributed by atoms with Crippen LogP contribution in [0, 0.1) is 0 Å². The SMILES string of the molecule is C=C(C)C(=O)OCC(O)CC(F)(F)C(F)(F)C(F)(F)C(F)(F)C(F)(F)C(F)(F)CC(COC(=O)C(=C)C)OC(=O)C(=C)C. The van der Waals surface area contributed by atoms with E-state index in [1.165, 1.54) is 0 Å². The topological polar surface area (TPSA) is 99.1 Å². The van der Waals surface area contributed by atoms with Crippen molar-refractivity contribution < 1.29 is 86.4 Å². The zero-order valence-corrected chi connectivity index (χ0v) is 22.5. The van der Waals surface area contributed by atoms with Gasteiger partial charge < -0.3 is 19.3 Å². The summed E-state index contributed by atoms with van der Waals surface area (Å²) in [6.07, 6.45) is -11.6. The number of ether oxygens (including phenoxy) is 3. The monoisotopic (exact) mass is 654 g/mol. The van der Waals surface area contributed by atoms with Crippen molar-refractivity contribution in [2.24, 2.45) is 0 Å². The third kappa shape index (κ3) is 8.66. The zero-order valence-electron chi connectivity index (χ0n) is 22.5. The van der Waals surface area contributed by atoms with Gasteiger partial charge in [0.1, 0.15) is 19.3 Å². The van der Waals surface area contributed by atoms with E-state index in [-0.39, 0.29) is 0 Å². The molecule has 0 aliphatic rings. The largest absolute Gasteiger partial charge is 0.460 e. The van der Waals surface area contributed by atoms with E-state index in [9.17, 15) is 72.2 Å². The van der Waals surface area contributed by atoms with Crippen LogP contribution < -0.4 is 0 Å². The number of alkyl halides is 12. The van der Waals surface area contributed by atoms with Crippen molar-refractivity contribution in [3.8, 4) is 0 Å². The number of carbonyl (C=O) groups excluding carboxylic acids is 3. The van der Waals surface area contributed by atoms with Gasteiger partial charge in [0.25, 0.3) is 0 Å². The second-order valence-corrected chi connectivity index (χ2v) is 9.33. The van der Waals surface area contributed by atoms with Crippen molar-refractivity contribution in [2.45, 2.75) is 81.4 Å². The van der Waals surface area contributed by atoms with E-state index in [2.05, 4.69) is 33.9 Å². The van der Waals surface area contributed by atoms with Crippen molar-refractivity contribution in [2.75, 3.05) is 13.2 Å². The fourth-order valence-electron chi connectivity index (χ4n) is 2.72. The first-order valence-corrected chi connectivity index (χ1v) is 11.5. The number of hydrogen-bond donors (Lipinski definition) is 1. The third-order valence-corrected chi connectivity index (χ3v) is 5.20. The molecule has 0 heterocycles. The number of aliphatic hydroxyl groups is 1. The number of hydrogen-bond acceptors (Lipinski definition) is 7.